The molecule has 1 aromatic carbocycles. The van der Waals surface area contributed by atoms with Crippen molar-refractivity contribution < 1.29 is 28.3 Å². The van der Waals surface area contributed by atoms with E-state index in [1.54, 1.807) is 26.8 Å². The van der Waals surface area contributed by atoms with E-state index in [1.165, 1.54) is 4.90 Å². The lowest BCUT2D eigenvalue weighted by atomic mass is 10.0. The number of nitrogens with zero attached hydrogens (tertiary/aromatic N) is 1. The second-order valence-corrected chi connectivity index (χ2v) is 9.84. The maximum atomic E-state index is 13.8. The molecule has 2 aromatic rings. The smallest absolute Gasteiger partial charge is 0.255 e. The van der Waals surface area contributed by atoms with Crippen LogP contribution in [0.5, 0.6) is 0 Å². The van der Waals surface area contributed by atoms with Crippen molar-refractivity contribution in [2.75, 3.05) is 6.54 Å². The molecule has 1 saturated heterocycles. The lowest BCUT2D eigenvalue weighted by Crippen LogP contribution is -2.56. The van der Waals surface area contributed by atoms with E-state index >= 15 is 0 Å². The zero-order chi connectivity index (χ0) is 27.1. The molecule has 37 heavy (non-hydrogen) atoms. The second-order valence-electron chi connectivity index (χ2n) is 9.84. The van der Waals surface area contributed by atoms with Gasteiger partial charge in [0.05, 0.1) is 24.3 Å². The first-order valence-electron chi connectivity index (χ1n) is 12.7. The first kappa shape index (κ1) is 28.1. The Morgan fingerprint density at radius 3 is 2.43 bits per heavy atom. The maximum absolute atomic E-state index is 13.8. The summed E-state index contributed by atoms with van der Waals surface area (Å²) in [5.41, 5.74) is 1.35. The third-order valence-corrected chi connectivity index (χ3v) is 6.61. The highest BCUT2D eigenvalue weighted by Crippen LogP contribution is 2.25. The molecule has 0 saturated carbocycles. The third-order valence-electron chi connectivity index (χ3n) is 6.61. The van der Waals surface area contributed by atoms with Gasteiger partial charge in [0.2, 0.25) is 11.8 Å². The Morgan fingerprint density at radius 1 is 1.16 bits per heavy atom. The highest BCUT2D eigenvalue weighted by Gasteiger charge is 2.43. The molecule has 0 unspecified atom stereocenters. The van der Waals surface area contributed by atoms with Crippen LogP contribution in [-0.2, 0) is 25.7 Å². The van der Waals surface area contributed by atoms with Gasteiger partial charge in [-0.1, -0.05) is 51.1 Å². The number of hydrogen-bond donors (Lipinski definition) is 2. The van der Waals surface area contributed by atoms with E-state index in [2.05, 4.69) is 10.6 Å². The van der Waals surface area contributed by atoms with Crippen LogP contribution >= 0.6 is 0 Å². The number of aryl methyl sites for hydroxylation is 2. The van der Waals surface area contributed by atoms with Crippen LogP contribution in [0.3, 0.4) is 0 Å². The van der Waals surface area contributed by atoms with Crippen LogP contribution in [0.15, 0.2) is 40.8 Å². The number of hydrogen-bond acceptors (Lipinski definition) is 6. The van der Waals surface area contributed by atoms with Crippen molar-refractivity contribution in [3.63, 3.8) is 0 Å². The van der Waals surface area contributed by atoms with Crippen molar-refractivity contribution in [3.05, 3.63) is 59.0 Å². The molecule has 4 atom stereocenters. The highest BCUT2D eigenvalue weighted by molar-refractivity contribution is 5.99. The molecule has 3 rings (SSSR count). The van der Waals surface area contributed by atoms with E-state index in [9.17, 15) is 19.2 Å². The van der Waals surface area contributed by atoms with Gasteiger partial charge in [0.15, 0.2) is 0 Å². The molecule has 1 aliphatic rings. The van der Waals surface area contributed by atoms with Crippen molar-refractivity contribution in [1.29, 1.82) is 0 Å². The Labute approximate surface area is 217 Å². The van der Waals surface area contributed by atoms with Gasteiger partial charge in [-0.3, -0.25) is 14.4 Å². The Morgan fingerprint density at radius 2 is 1.86 bits per heavy atom. The number of aldehydes is 1. The Hall–Kier alpha value is -3.46. The predicted octanol–water partition coefficient (Wildman–Crippen LogP) is 2.93. The van der Waals surface area contributed by atoms with Gasteiger partial charge in [-0.15, -0.1) is 0 Å². The van der Waals surface area contributed by atoms with Crippen LogP contribution in [0.1, 0.15) is 61.1 Å². The van der Waals surface area contributed by atoms with Gasteiger partial charge in [0.1, 0.15) is 29.9 Å². The van der Waals surface area contributed by atoms with E-state index in [4.69, 9.17) is 9.15 Å². The molecule has 1 aliphatic heterocycles. The molecule has 9 heteroatoms. The molecule has 3 amide bonds. The predicted molar refractivity (Wildman–Crippen MR) is 138 cm³/mol. The van der Waals surface area contributed by atoms with Crippen LogP contribution in [-0.4, -0.2) is 59.7 Å². The van der Waals surface area contributed by atoms with E-state index < -0.39 is 29.9 Å². The number of rotatable bonds is 11. The van der Waals surface area contributed by atoms with Gasteiger partial charge in [0, 0.05) is 13.0 Å². The molecule has 2 N–H and O–H groups in total. The van der Waals surface area contributed by atoms with Gasteiger partial charge in [-0.2, -0.15) is 0 Å². The second kappa shape index (κ2) is 12.7. The van der Waals surface area contributed by atoms with Crippen LogP contribution < -0.4 is 10.6 Å². The topological polar surface area (TPSA) is 118 Å². The first-order valence-corrected chi connectivity index (χ1v) is 12.7. The quantitative estimate of drug-likeness (QED) is 0.448. The van der Waals surface area contributed by atoms with Crippen molar-refractivity contribution >= 4 is 24.0 Å². The number of furan rings is 1. The number of amides is 3. The lowest BCUT2D eigenvalue weighted by Gasteiger charge is -2.30. The van der Waals surface area contributed by atoms with Crippen LogP contribution in [0, 0.1) is 19.8 Å². The number of nitrogens with one attached hydrogen (secondary N) is 2. The molecule has 0 bridgehead atoms. The monoisotopic (exact) mass is 511 g/mol. The van der Waals surface area contributed by atoms with Gasteiger partial charge in [-0.05, 0) is 37.8 Å². The van der Waals surface area contributed by atoms with Crippen LogP contribution in [0.25, 0.3) is 0 Å². The number of likely N-dealkylation sites (tertiary alicyclic amines) is 1. The first-order chi connectivity index (χ1) is 17.6. The molecule has 200 valence electrons. The fraction of sp³-hybridized carbons (Fsp3) is 0.500. The molecular formula is C28H37N3O6. The summed E-state index contributed by atoms with van der Waals surface area (Å²) < 4.78 is 11.5. The van der Waals surface area contributed by atoms with Gasteiger partial charge in [0.25, 0.3) is 5.91 Å². The van der Waals surface area contributed by atoms with Crippen molar-refractivity contribution in [1.82, 2.24) is 15.5 Å². The summed E-state index contributed by atoms with van der Waals surface area (Å²) in [6.45, 7) is 9.46. The lowest BCUT2D eigenvalue weighted by molar-refractivity contribution is -0.141. The fourth-order valence-electron chi connectivity index (χ4n) is 4.48. The molecule has 0 spiro atoms. The van der Waals surface area contributed by atoms with Crippen molar-refractivity contribution in [3.8, 4) is 0 Å². The van der Waals surface area contributed by atoms with Crippen LogP contribution in [0.4, 0.5) is 0 Å². The minimum atomic E-state index is -0.863. The molecule has 1 aromatic heterocycles. The SMILES string of the molecule is CC[C@@H](C=O)NC(=O)[C@@H]1C[C@@H](OCc2ccccc2)CN1C(=O)[C@@H](NC(=O)c1cc(C)oc1C)C(C)C. The van der Waals surface area contributed by atoms with Gasteiger partial charge < -0.3 is 29.5 Å². The highest BCUT2D eigenvalue weighted by atomic mass is 16.5. The van der Waals surface area contributed by atoms with Gasteiger partial charge >= 0.3 is 0 Å². The van der Waals surface area contributed by atoms with E-state index in [0.717, 1.165) is 5.56 Å². The normalized spacial score (nSPS) is 18.9. The number of ether oxygens (including phenoxy) is 1. The zero-order valence-electron chi connectivity index (χ0n) is 22.2. The standard InChI is InChI=1S/C28H37N3O6/c1-6-21(15-32)29-27(34)24-13-22(36-16-20-10-8-7-9-11-20)14-31(24)28(35)25(17(2)3)30-26(33)23-12-18(4)37-19(23)5/h7-12,15,17,21-22,24-25H,6,13-14,16H2,1-5H3,(H,29,34)(H,30,33)/t21-,22+,24-,25-/m0/s1. The Balaban J connectivity index is 1.79. The summed E-state index contributed by atoms with van der Waals surface area (Å²) in [7, 11) is 0. The number of carbonyl (C=O) groups excluding carboxylic acids is 4. The maximum Gasteiger partial charge on any atom is 0.255 e. The molecule has 2 heterocycles. The fourth-order valence-corrected chi connectivity index (χ4v) is 4.48. The summed E-state index contributed by atoms with van der Waals surface area (Å²) in [6.07, 6.45) is 1.05. The van der Waals surface area contributed by atoms with E-state index in [1.807, 2.05) is 44.2 Å². The zero-order valence-corrected chi connectivity index (χ0v) is 22.2. The molecule has 0 aliphatic carbocycles. The largest absolute Gasteiger partial charge is 0.466 e. The number of benzene rings is 1. The minimum absolute atomic E-state index is 0.199. The summed E-state index contributed by atoms with van der Waals surface area (Å²) in [4.78, 5) is 52.8. The van der Waals surface area contributed by atoms with Crippen LogP contribution in [0.2, 0.25) is 0 Å². The van der Waals surface area contributed by atoms with Crippen molar-refractivity contribution in [2.24, 2.45) is 5.92 Å². The minimum Gasteiger partial charge on any atom is -0.466 e. The Kier molecular flexibility index (Phi) is 9.63. The molecule has 0 radical (unpaired) electrons. The average molecular weight is 512 g/mol. The van der Waals surface area contributed by atoms with E-state index in [-0.39, 0.29) is 24.5 Å². The molecule has 1 fully saturated rings. The third kappa shape index (κ3) is 7.07. The van der Waals surface area contributed by atoms with E-state index in [0.29, 0.717) is 42.8 Å². The molecule has 9 nitrogen and oxygen atoms in total. The van der Waals surface area contributed by atoms with Gasteiger partial charge in [-0.25, -0.2) is 0 Å². The molecular weight excluding hydrogens is 474 g/mol. The summed E-state index contributed by atoms with van der Waals surface area (Å²) in [6, 6.07) is 8.97. The average Bonchev–Trinajstić information content (AvgIpc) is 3.47. The Bertz CT molecular complexity index is 1100. The summed E-state index contributed by atoms with van der Waals surface area (Å²) in [5, 5.41) is 5.57. The van der Waals surface area contributed by atoms with Crippen molar-refractivity contribution in [2.45, 2.75) is 78.3 Å². The summed E-state index contributed by atoms with van der Waals surface area (Å²) in [5.74, 6) is -0.358. The summed E-state index contributed by atoms with van der Waals surface area (Å²) >= 11 is 0. The number of carbonyl (C=O) groups is 4.